The highest BCUT2D eigenvalue weighted by Gasteiger charge is 2.37. The van der Waals surface area contributed by atoms with Crippen molar-refractivity contribution >= 4 is 6.21 Å². The normalized spacial score (nSPS) is 35.3. The molecule has 0 aromatic rings. The number of hydrogen-bond donors (Lipinski definition) is 1. The zero-order valence-electron chi connectivity index (χ0n) is 9.67. The average molecular weight is 195 g/mol. The summed E-state index contributed by atoms with van der Waals surface area (Å²) in [7, 11) is 0. The molecule has 1 atom stereocenters. The molecule has 0 amide bonds. The van der Waals surface area contributed by atoms with Crippen molar-refractivity contribution in [1.29, 1.82) is 0 Å². The highest BCUT2D eigenvalue weighted by atomic mass is 15.4. The Morgan fingerprint density at radius 2 is 2.00 bits per heavy atom. The van der Waals surface area contributed by atoms with Crippen molar-refractivity contribution < 1.29 is 0 Å². The van der Waals surface area contributed by atoms with Gasteiger partial charge in [0, 0.05) is 31.3 Å². The zero-order valence-corrected chi connectivity index (χ0v) is 9.67. The van der Waals surface area contributed by atoms with Crippen LogP contribution in [-0.2, 0) is 0 Å². The van der Waals surface area contributed by atoms with Crippen LogP contribution in [0.15, 0.2) is 4.99 Å². The molecule has 0 bridgehead atoms. The number of nitrogens with one attached hydrogen (secondary N) is 1. The summed E-state index contributed by atoms with van der Waals surface area (Å²) in [5.41, 5.74) is 0.602. The molecule has 1 fully saturated rings. The van der Waals surface area contributed by atoms with Crippen LogP contribution in [0.25, 0.3) is 0 Å². The predicted molar refractivity (Wildman–Crippen MR) is 59.4 cm³/mol. The minimum absolute atomic E-state index is 0.228. The van der Waals surface area contributed by atoms with Crippen molar-refractivity contribution in [2.75, 3.05) is 19.6 Å². The maximum absolute atomic E-state index is 4.56. The SMILES string of the molecule is CC1(C)C=NC2NCC(C)(C)CN2C1. The van der Waals surface area contributed by atoms with Gasteiger partial charge in [0.2, 0.25) is 0 Å². The molecular formula is C11H21N3. The van der Waals surface area contributed by atoms with Gasteiger partial charge >= 0.3 is 0 Å². The van der Waals surface area contributed by atoms with Crippen LogP contribution in [0.3, 0.4) is 0 Å². The maximum Gasteiger partial charge on any atom is 0.155 e. The Morgan fingerprint density at radius 3 is 2.71 bits per heavy atom. The Kier molecular flexibility index (Phi) is 2.20. The van der Waals surface area contributed by atoms with Crippen molar-refractivity contribution in [3.63, 3.8) is 0 Å². The maximum atomic E-state index is 4.56. The molecule has 0 saturated carbocycles. The monoisotopic (exact) mass is 195 g/mol. The second kappa shape index (κ2) is 3.04. The third kappa shape index (κ3) is 1.98. The second-order valence-electron chi connectivity index (χ2n) is 6.09. The van der Waals surface area contributed by atoms with E-state index < -0.39 is 0 Å². The van der Waals surface area contributed by atoms with Crippen LogP contribution in [0.1, 0.15) is 27.7 Å². The van der Waals surface area contributed by atoms with Crippen molar-refractivity contribution in [1.82, 2.24) is 10.2 Å². The highest BCUT2D eigenvalue weighted by Crippen LogP contribution is 2.28. The molecule has 0 aromatic carbocycles. The van der Waals surface area contributed by atoms with E-state index in [4.69, 9.17) is 0 Å². The minimum atomic E-state index is 0.228. The summed E-state index contributed by atoms with van der Waals surface area (Å²) >= 11 is 0. The molecule has 3 heteroatoms. The van der Waals surface area contributed by atoms with Crippen LogP contribution in [-0.4, -0.2) is 37.0 Å². The topological polar surface area (TPSA) is 27.6 Å². The fourth-order valence-corrected chi connectivity index (χ4v) is 2.31. The molecule has 2 rings (SSSR count). The Hall–Kier alpha value is -0.410. The number of rotatable bonds is 0. The smallest absolute Gasteiger partial charge is 0.155 e. The summed E-state index contributed by atoms with van der Waals surface area (Å²) in [6.07, 6.45) is 2.33. The lowest BCUT2D eigenvalue weighted by molar-refractivity contribution is 0.0337. The fourth-order valence-electron chi connectivity index (χ4n) is 2.31. The van der Waals surface area contributed by atoms with E-state index >= 15 is 0 Å². The van der Waals surface area contributed by atoms with Crippen molar-refractivity contribution in [2.24, 2.45) is 15.8 Å². The molecule has 1 unspecified atom stereocenters. The first kappa shape index (κ1) is 10.1. The van der Waals surface area contributed by atoms with E-state index in [0.29, 0.717) is 5.41 Å². The first-order valence-electron chi connectivity index (χ1n) is 5.40. The van der Waals surface area contributed by atoms with Crippen LogP contribution in [0.2, 0.25) is 0 Å². The lowest BCUT2D eigenvalue weighted by atomic mass is 9.87. The molecule has 0 spiro atoms. The quantitative estimate of drug-likeness (QED) is 0.631. The van der Waals surface area contributed by atoms with Gasteiger partial charge in [0.1, 0.15) is 0 Å². The summed E-state index contributed by atoms with van der Waals surface area (Å²) < 4.78 is 0. The predicted octanol–water partition coefficient (Wildman–Crippen LogP) is 1.31. The summed E-state index contributed by atoms with van der Waals surface area (Å²) in [4.78, 5) is 7.01. The summed E-state index contributed by atoms with van der Waals surface area (Å²) in [6, 6.07) is 0. The average Bonchev–Trinajstić information content (AvgIpc) is 1.99. The van der Waals surface area contributed by atoms with Gasteiger partial charge in [-0.3, -0.25) is 15.2 Å². The minimum Gasteiger partial charge on any atom is -0.283 e. The molecule has 1 saturated heterocycles. The van der Waals surface area contributed by atoms with Gasteiger partial charge in [-0.1, -0.05) is 27.7 Å². The van der Waals surface area contributed by atoms with E-state index in [1.807, 2.05) is 0 Å². The van der Waals surface area contributed by atoms with Crippen molar-refractivity contribution in [3.8, 4) is 0 Å². The molecule has 3 nitrogen and oxygen atoms in total. The molecule has 1 N–H and O–H groups in total. The standard InChI is InChI=1S/C11H21N3/c1-10(2)5-12-9-13-6-11(3,4)8-14(9)7-10/h5,9,13H,6-8H2,1-4H3. The van der Waals surface area contributed by atoms with Gasteiger partial charge in [-0.05, 0) is 5.41 Å². The summed E-state index contributed by atoms with van der Waals surface area (Å²) in [5, 5.41) is 3.48. The highest BCUT2D eigenvalue weighted by molar-refractivity contribution is 5.66. The first-order chi connectivity index (χ1) is 6.38. The van der Waals surface area contributed by atoms with Gasteiger partial charge in [0.15, 0.2) is 6.29 Å². The number of nitrogens with zero attached hydrogens (tertiary/aromatic N) is 2. The lowest BCUT2D eigenvalue weighted by Gasteiger charge is -2.47. The van der Waals surface area contributed by atoms with Crippen LogP contribution in [0.4, 0.5) is 0 Å². The van der Waals surface area contributed by atoms with Crippen LogP contribution in [0, 0.1) is 10.8 Å². The van der Waals surface area contributed by atoms with E-state index in [0.717, 1.165) is 19.6 Å². The zero-order chi connectivity index (χ0) is 10.4. The number of fused-ring (bicyclic) bond motifs is 1. The van der Waals surface area contributed by atoms with E-state index in [1.54, 1.807) is 0 Å². The Morgan fingerprint density at radius 1 is 1.29 bits per heavy atom. The third-order valence-corrected chi connectivity index (χ3v) is 2.92. The molecule has 0 aromatic heterocycles. The first-order valence-corrected chi connectivity index (χ1v) is 5.40. The summed E-state index contributed by atoms with van der Waals surface area (Å²) in [6.45, 7) is 12.4. The number of aliphatic imine (C=N–C) groups is 1. The van der Waals surface area contributed by atoms with Crippen LogP contribution in [0.5, 0.6) is 0 Å². The second-order valence-corrected chi connectivity index (χ2v) is 6.09. The van der Waals surface area contributed by atoms with Crippen molar-refractivity contribution in [3.05, 3.63) is 0 Å². The van der Waals surface area contributed by atoms with Crippen molar-refractivity contribution in [2.45, 2.75) is 34.0 Å². The number of hydrogen-bond acceptors (Lipinski definition) is 3. The van der Waals surface area contributed by atoms with E-state index in [-0.39, 0.29) is 11.7 Å². The molecule has 2 aliphatic rings. The Balaban J connectivity index is 2.13. The van der Waals surface area contributed by atoms with E-state index in [2.05, 4.69) is 49.1 Å². The van der Waals surface area contributed by atoms with Gasteiger partial charge in [-0.2, -0.15) is 0 Å². The largest absolute Gasteiger partial charge is 0.283 e. The third-order valence-electron chi connectivity index (χ3n) is 2.92. The molecule has 0 radical (unpaired) electrons. The van der Waals surface area contributed by atoms with Gasteiger partial charge in [-0.25, -0.2) is 0 Å². The van der Waals surface area contributed by atoms with Gasteiger partial charge in [-0.15, -0.1) is 0 Å². The molecular weight excluding hydrogens is 174 g/mol. The molecule has 80 valence electrons. The Labute approximate surface area is 86.6 Å². The van der Waals surface area contributed by atoms with Gasteiger partial charge in [0.05, 0.1) is 0 Å². The van der Waals surface area contributed by atoms with Gasteiger partial charge < -0.3 is 0 Å². The fraction of sp³-hybridized carbons (Fsp3) is 0.909. The van der Waals surface area contributed by atoms with Gasteiger partial charge in [0.25, 0.3) is 0 Å². The lowest BCUT2D eigenvalue weighted by Crippen LogP contribution is -2.61. The molecule has 14 heavy (non-hydrogen) atoms. The van der Waals surface area contributed by atoms with E-state index in [9.17, 15) is 0 Å². The molecule has 0 aliphatic carbocycles. The summed E-state index contributed by atoms with van der Waals surface area (Å²) in [5.74, 6) is 0. The van der Waals surface area contributed by atoms with E-state index in [1.165, 1.54) is 0 Å². The molecule has 2 heterocycles. The van der Waals surface area contributed by atoms with Crippen LogP contribution >= 0.6 is 0 Å². The van der Waals surface area contributed by atoms with Crippen LogP contribution < -0.4 is 5.32 Å². The Bertz CT molecular complexity index is 255. The molecule has 2 aliphatic heterocycles.